The Morgan fingerprint density at radius 3 is 2.26 bits per heavy atom. The molecule has 0 amide bonds. The molecular weight excluding hydrogens is 437 g/mol. The zero-order valence-electron chi connectivity index (χ0n) is 16.3. The van der Waals surface area contributed by atoms with Crippen LogP contribution in [0, 0.1) is 5.95 Å². The van der Waals surface area contributed by atoms with Gasteiger partial charge < -0.3 is 0 Å². The van der Waals surface area contributed by atoms with Crippen molar-refractivity contribution >= 4 is 17.4 Å². The lowest BCUT2D eigenvalue weighted by molar-refractivity contribution is -0.137. The first-order valence-corrected chi connectivity index (χ1v) is 9.67. The third-order valence-electron chi connectivity index (χ3n) is 4.95. The number of nitrogens with zero attached hydrogens (tertiary/aromatic N) is 1. The van der Waals surface area contributed by atoms with Crippen molar-refractivity contribution in [3.8, 4) is 11.1 Å². The van der Waals surface area contributed by atoms with Crippen molar-refractivity contribution < 1.29 is 26.7 Å². The highest BCUT2D eigenvalue weighted by molar-refractivity contribution is 6.31. The molecule has 1 aromatic heterocycles. The number of alkyl halides is 4. The van der Waals surface area contributed by atoms with E-state index in [2.05, 4.69) is 4.98 Å². The summed E-state index contributed by atoms with van der Waals surface area (Å²) in [5, 5.41) is 0.0787. The predicted molar refractivity (Wildman–Crippen MR) is 108 cm³/mol. The van der Waals surface area contributed by atoms with Crippen LogP contribution in [-0.2, 0) is 11.8 Å². The zero-order chi connectivity index (χ0) is 22.8. The van der Waals surface area contributed by atoms with Gasteiger partial charge in [-0.3, -0.25) is 4.79 Å². The van der Waals surface area contributed by atoms with Crippen molar-refractivity contribution in [2.75, 3.05) is 0 Å². The number of hydrogen-bond acceptors (Lipinski definition) is 2. The monoisotopic (exact) mass is 453 g/mol. The molecule has 2 nitrogen and oxygen atoms in total. The Kier molecular flexibility index (Phi) is 6.46. The smallest absolute Gasteiger partial charge is 0.294 e. The first-order valence-electron chi connectivity index (χ1n) is 9.29. The number of rotatable bonds is 6. The predicted octanol–water partition coefficient (Wildman–Crippen LogP) is 7.41. The first kappa shape index (κ1) is 22.9. The number of aromatic nitrogens is 1. The third-order valence-corrected chi connectivity index (χ3v) is 5.26. The molecule has 0 radical (unpaired) electrons. The van der Waals surface area contributed by atoms with Crippen LogP contribution >= 0.6 is 11.6 Å². The maximum atomic E-state index is 15.4. The minimum absolute atomic E-state index is 0.0787. The van der Waals surface area contributed by atoms with E-state index < -0.39 is 41.1 Å². The number of carbonyl (C=O) groups excluding carboxylic acids is 1. The van der Waals surface area contributed by atoms with Gasteiger partial charge in [-0.1, -0.05) is 41.9 Å². The number of pyridine rings is 1. The lowest BCUT2D eigenvalue weighted by Crippen LogP contribution is -2.19. The van der Waals surface area contributed by atoms with Crippen molar-refractivity contribution in [1.82, 2.24) is 4.98 Å². The summed E-state index contributed by atoms with van der Waals surface area (Å²) in [6.07, 6.45) is -4.15. The molecule has 0 aliphatic carbocycles. The van der Waals surface area contributed by atoms with E-state index in [-0.39, 0.29) is 17.0 Å². The van der Waals surface area contributed by atoms with E-state index in [1.54, 1.807) is 6.07 Å². The van der Waals surface area contributed by atoms with E-state index in [1.807, 2.05) is 0 Å². The van der Waals surface area contributed by atoms with Gasteiger partial charge in [0.15, 0.2) is 5.78 Å². The van der Waals surface area contributed by atoms with Crippen molar-refractivity contribution in [1.29, 1.82) is 0 Å². The minimum Gasteiger partial charge on any atom is -0.294 e. The summed E-state index contributed by atoms with van der Waals surface area (Å²) in [4.78, 5) is 16.0. The number of hydrogen-bond donors (Lipinski definition) is 0. The fourth-order valence-corrected chi connectivity index (χ4v) is 3.63. The van der Waals surface area contributed by atoms with Crippen LogP contribution in [0.15, 0.2) is 60.8 Å². The number of halogens is 6. The second kappa shape index (κ2) is 8.75. The molecule has 3 aromatic rings. The van der Waals surface area contributed by atoms with Gasteiger partial charge in [-0.05, 0) is 43.2 Å². The Morgan fingerprint density at radius 1 is 0.968 bits per heavy atom. The molecule has 3 rings (SSSR count). The normalized spacial score (nSPS) is 13.6. The molecular formula is C23H17ClF5NO. The fraction of sp³-hybridized carbons (Fsp3) is 0.217. The summed E-state index contributed by atoms with van der Waals surface area (Å²) in [5.41, 5.74) is -2.32. The Morgan fingerprint density at radius 2 is 1.65 bits per heavy atom. The van der Waals surface area contributed by atoms with Gasteiger partial charge in [-0.25, -0.2) is 9.37 Å². The summed E-state index contributed by atoms with van der Waals surface area (Å²) in [5.74, 6) is -1.44. The lowest BCUT2D eigenvalue weighted by atomic mass is 9.89. The van der Waals surface area contributed by atoms with Gasteiger partial charge in [0.05, 0.1) is 5.56 Å². The van der Waals surface area contributed by atoms with Gasteiger partial charge in [0.1, 0.15) is 5.67 Å². The number of benzene rings is 2. The van der Waals surface area contributed by atoms with Gasteiger partial charge in [-0.15, -0.1) is 0 Å². The van der Waals surface area contributed by atoms with Gasteiger partial charge in [0.2, 0.25) is 5.95 Å². The molecule has 31 heavy (non-hydrogen) atoms. The van der Waals surface area contributed by atoms with Crippen LogP contribution in [0.2, 0.25) is 5.02 Å². The Bertz CT molecular complexity index is 1090. The molecule has 1 heterocycles. The second-order valence-corrected chi connectivity index (χ2v) is 7.64. The summed E-state index contributed by atoms with van der Waals surface area (Å²) < 4.78 is 67.7. The van der Waals surface area contributed by atoms with E-state index in [4.69, 9.17) is 11.6 Å². The molecule has 0 spiro atoms. The molecule has 0 N–H and O–H groups in total. The SMILES string of the molecule is CC(F)(CCC(=O)c1ccccc1C(F)(F)F)c1ccc(-c2ccc(F)nc2)cc1Cl. The molecule has 0 aliphatic rings. The van der Waals surface area contributed by atoms with Gasteiger partial charge >= 0.3 is 6.18 Å². The highest BCUT2D eigenvalue weighted by atomic mass is 35.5. The van der Waals surface area contributed by atoms with Crippen LogP contribution < -0.4 is 0 Å². The second-order valence-electron chi connectivity index (χ2n) is 7.23. The van der Waals surface area contributed by atoms with Crippen molar-refractivity contribution in [3.63, 3.8) is 0 Å². The van der Waals surface area contributed by atoms with Crippen LogP contribution in [0.1, 0.15) is 41.3 Å². The van der Waals surface area contributed by atoms with Gasteiger partial charge in [-0.2, -0.15) is 17.6 Å². The quantitative estimate of drug-likeness (QED) is 0.221. The lowest BCUT2D eigenvalue weighted by Gasteiger charge is -2.23. The minimum atomic E-state index is -4.68. The van der Waals surface area contributed by atoms with Gasteiger partial charge in [0, 0.05) is 34.3 Å². The Labute approximate surface area is 180 Å². The topological polar surface area (TPSA) is 30.0 Å². The summed E-state index contributed by atoms with van der Waals surface area (Å²) >= 11 is 6.24. The molecule has 2 aromatic carbocycles. The summed E-state index contributed by atoms with van der Waals surface area (Å²) in [7, 11) is 0. The van der Waals surface area contributed by atoms with E-state index in [0.717, 1.165) is 12.1 Å². The number of ketones is 1. The maximum Gasteiger partial charge on any atom is 0.417 e. The van der Waals surface area contributed by atoms with E-state index in [9.17, 15) is 22.4 Å². The number of carbonyl (C=O) groups is 1. The molecule has 162 valence electrons. The summed E-state index contributed by atoms with van der Waals surface area (Å²) in [6.45, 7) is 1.22. The summed E-state index contributed by atoms with van der Waals surface area (Å²) in [6, 6.07) is 11.6. The van der Waals surface area contributed by atoms with Crippen LogP contribution in [0.25, 0.3) is 11.1 Å². The molecule has 0 fully saturated rings. The van der Waals surface area contributed by atoms with Crippen LogP contribution in [0.3, 0.4) is 0 Å². The third kappa shape index (κ3) is 5.28. The highest BCUT2D eigenvalue weighted by Crippen LogP contribution is 2.38. The van der Waals surface area contributed by atoms with Crippen LogP contribution in [0.5, 0.6) is 0 Å². The Balaban J connectivity index is 1.78. The molecule has 0 aliphatic heterocycles. The average Bonchev–Trinajstić information content (AvgIpc) is 2.71. The fourth-order valence-electron chi connectivity index (χ4n) is 3.26. The molecule has 8 heteroatoms. The largest absolute Gasteiger partial charge is 0.417 e. The molecule has 0 saturated carbocycles. The van der Waals surface area contributed by atoms with E-state index >= 15 is 4.39 Å². The standard InChI is InChI=1S/C23H17ClF5NO/c1-22(26,11-10-20(31)16-4-2-3-5-17(16)23(27,28)29)18-8-6-14(12-19(18)24)15-7-9-21(25)30-13-15/h2-9,12-13H,10-11H2,1H3. The first-order chi connectivity index (χ1) is 14.5. The van der Waals surface area contributed by atoms with Crippen molar-refractivity contribution in [2.24, 2.45) is 0 Å². The average molecular weight is 454 g/mol. The van der Waals surface area contributed by atoms with Crippen LogP contribution in [0.4, 0.5) is 22.0 Å². The Hall–Kier alpha value is -2.80. The van der Waals surface area contributed by atoms with E-state index in [1.165, 1.54) is 49.5 Å². The van der Waals surface area contributed by atoms with Crippen molar-refractivity contribution in [3.05, 3.63) is 88.5 Å². The molecule has 0 saturated heterocycles. The highest BCUT2D eigenvalue weighted by Gasteiger charge is 2.35. The molecule has 1 unspecified atom stereocenters. The zero-order valence-corrected chi connectivity index (χ0v) is 17.1. The van der Waals surface area contributed by atoms with Crippen molar-refractivity contribution in [2.45, 2.75) is 31.6 Å². The molecule has 1 atom stereocenters. The van der Waals surface area contributed by atoms with Crippen LogP contribution in [-0.4, -0.2) is 10.8 Å². The maximum absolute atomic E-state index is 15.4. The van der Waals surface area contributed by atoms with Gasteiger partial charge in [0.25, 0.3) is 0 Å². The number of Topliss-reactive ketones (excluding diaryl/α,β-unsaturated/α-hetero) is 1. The van der Waals surface area contributed by atoms with E-state index in [0.29, 0.717) is 11.1 Å². The molecule has 0 bridgehead atoms.